The molecule has 2 N–H and O–H groups in total. The molecule has 194 valence electrons. The zero-order chi connectivity index (χ0) is 26.0. The van der Waals surface area contributed by atoms with E-state index in [9.17, 15) is 14.3 Å². The third-order valence-corrected chi connectivity index (χ3v) is 6.49. The van der Waals surface area contributed by atoms with Gasteiger partial charge in [-0.1, -0.05) is 13.0 Å². The van der Waals surface area contributed by atoms with E-state index in [0.29, 0.717) is 55.5 Å². The van der Waals surface area contributed by atoms with Gasteiger partial charge in [-0.25, -0.2) is 9.37 Å². The van der Waals surface area contributed by atoms with Crippen molar-refractivity contribution < 1.29 is 19.0 Å². The Morgan fingerprint density at radius 2 is 1.92 bits per heavy atom. The first-order valence-corrected chi connectivity index (χ1v) is 12.5. The van der Waals surface area contributed by atoms with Crippen molar-refractivity contribution in [2.75, 3.05) is 43.0 Å². The summed E-state index contributed by atoms with van der Waals surface area (Å²) in [4.78, 5) is 25.0. The lowest BCUT2D eigenvalue weighted by Gasteiger charge is -2.34. The molecule has 2 aromatic heterocycles. The molecule has 0 radical (unpaired) electrons. The minimum absolute atomic E-state index is 0.0248. The lowest BCUT2D eigenvalue weighted by molar-refractivity contribution is -0.129. The highest BCUT2D eigenvalue weighted by Gasteiger charge is 2.25. The van der Waals surface area contributed by atoms with E-state index >= 15 is 0 Å². The Balaban J connectivity index is 1.67. The molecule has 0 aliphatic carbocycles. The van der Waals surface area contributed by atoms with Gasteiger partial charge < -0.3 is 29.5 Å². The van der Waals surface area contributed by atoms with Gasteiger partial charge in [-0.3, -0.25) is 4.79 Å². The molecule has 1 amide bonds. The van der Waals surface area contributed by atoms with Gasteiger partial charge in [-0.05, 0) is 44.9 Å². The molecular formula is C26H35FN6O3. The summed E-state index contributed by atoms with van der Waals surface area (Å²) in [6, 6.07) is 4.71. The van der Waals surface area contributed by atoms with E-state index in [1.54, 1.807) is 22.5 Å². The average Bonchev–Trinajstić information content (AvgIpc) is 3.20. The number of hydrogen-bond donors (Lipinski definition) is 2. The normalized spacial score (nSPS) is 15.0. The van der Waals surface area contributed by atoms with Crippen LogP contribution in [-0.4, -0.2) is 63.2 Å². The summed E-state index contributed by atoms with van der Waals surface area (Å²) in [5.41, 5.74) is 1.19. The lowest BCUT2D eigenvalue weighted by atomic mass is 10.1. The molecule has 1 aliphatic rings. The zero-order valence-electron chi connectivity index (χ0n) is 21.6. The molecule has 4 rings (SSSR count). The Morgan fingerprint density at radius 3 is 2.53 bits per heavy atom. The number of piperazine rings is 1. The van der Waals surface area contributed by atoms with Crippen LogP contribution in [0.25, 0.3) is 10.9 Å². The second-order valence-electron chi connectivity index (χ2n) is 9.49. The first kappa shape index (κ1) is 25.5. The van der Waals surface area contributed by atoms with Crippen molar-refractivity contribution in [3.8, 4) is 11.6 Å². The standard InChI is InChI=1S/C26H35FN6O3/c1-6-13-36-22-8-7-19(14-21(22)27)17(4)28-24-20-15-33(16(2)3)25(35)23(20)29-26(30-24)32-11-9-31(10-12-32)18(5)34/h7-8,14-17,35H,6,9-13H2,1-5H3,(H,28,29,30)/t17-/m1/s1. The first-order chi connectivity index (χ1) is 17.2. The van der Waals surface area contributed by atoms with Crippen molar-refractivity contribution in [2.45, 2.75) is 53.1 Å². The fourth-order valence-corrected chi connectivity index (χ4v) is 4.34. The molecule has 36 heavy (non-hydrogen) atoms. The maximum Gasteiger partial charge on any atom is 0.228 e. The van der Waals surface area contributed by atoms with Gasteiger partial charge in [0.1, 0.15) is 11.3 Å². The van der Waals surface area contributed by atoms with Gasteiger partial charge in [0.15, 0.2) is 11.6 Å². The van der Waals surface area contributed by atoms with Crippen molar-refractivity contribution in [3.05, 3.63) is 35.8 Å². The van der Waals surface area contributed by atoms with Gasteiger partial charge in [0, 0.05) is 45.3 Å². The number of carbonyl (C=O) groups is 1. The third-order valence-electron chi connectivity index (χ3n) is 6.49. The molecule has 10 heteroatoms. The highest BCUT2D eigenvalue weighted by Crippen LogP contribution is 2.35. The SMILES string of the molecule is CCCOc1ccc([C@@H](C)Nc2nc(N3CCN(C(C)=O)CC3)nc3c(O)n(C(C)C)cc23)cc1F. The van der Waals surface area contributed by atoms with Gasteiger partial charge in [0.2, 0.25) is 17.7 Å². The van der Waals surface area contributed by atoms with Crippen LogP contribution in [0.1, 0.15) is 58.7 Å². The molecule has 3 heterocycles. The second-order valence-corrected chi connectivity index (χ2v) is 9.49. The van der Waals surface area contributed by atoms with Crippen molar-refractivity contribution in [1.29, 1.82) is 0 Å². The van der Waals surface area contributed by atoms with Crippen LogP contribution in [0.5, 0.6) is 11.6 Å². The van der Waals surface area contributed by atoms with Crippen LogP contribution in [0, 0.1) is 5.82 Å². The number of rotatable bonds is 8. The van der Waals surface area contributed by atoms with E-state index in [0.717, 1.165) is 12.0 Å². The summed E-state index contributed by atoms with van der Waals surface area (Å²) in [6.45, 7) is 12.3. The molecule has 1 aromatic carbocycles. The summed E-state index contributed by atoms with van der Waals surface area (Å²) < 4.78 is 21.8. The number of ether oxygens (including phenoxy) is 1. The number of hydrogen-bond acceptors (Lipinski definition) is 7. The number of anilines is 2. The highest BCUT2D eigenvalue weighted by atomic mass is 19.1. The fraction of sp³-hybridized carbons (Fsp3) is 0.500. The Morgan fingerprint density at radius 1 is 1.19 bits per heavy atom. The number of benzene rings is 1. The molecule has 9 nitrogen and oxygen atoms in total. The van der Waals surface area contributed by atoms with Gasteiger partial charge >= 0.3 is 0 Å². The Hall–Kier alpha value is -3.56. The quantitative estimate of drug-likeness (QED) is 0.473. The summed E-state index contributed by atoms with van der Waals surface area (Å²) in [7, 11) is 0. The van der Waals surface area contributed by atoms with Crippen LogP contribution in [0.3, 0.4) is 0 Å². The van der Waals surface area contributed by atoms with Crippen LogP contribution >= 0.6 is 0 Å². The molecule has 1 aliphatic heterocycles. The monoisotopic (exact) mass is 498 g/mol. The number of nitrogens with one attached hydrogen (secondary N) is 1. The van der Waals surface area contributed by atoms with Crippen LogP contribution in [0.4, 0.5) is 16.2 Å². The smallest absolute Gasteiger partial charge is 0.228 e. The fourth-order valence-electron chi connectivity index (χ4n) is 4.34. The van der Waals surface area contributed by atoms with Gasteiger partial charge in [-0.2, -0.15) is 4.98 Å². The number of halogens is 1. The van der Waals surface area contributed by atoms with E-state index in [1.807, 2.05) is 44.9 Å². The van der Waals surface area contributed by atoms with Crippen molar-refractivity contribution >= 4 is 28.6 Å². The summed E-state index contributed by atoms with van der Waals surface area (Å²) >= 11 is 0. The number of aromatic nitrogens is 3. The van der Waals surface area contributed by atoms with Gasteiger partial charge in [0.25, 0.3) is 0 Å². The second kappa shape index (κ2) is 10.6. The van der Waals surface area contributed by atoms with E-state index in [-0.39, 0.29) is 29.6 Å². The number of amides is 1. The predicted molar refractivity (Wildman–Crippen MR) is 138 cm³/mol. The van der Waals surface area contributed by atoms with Crippen LogP contribution in [0.2, 0.25) is 0 Å². The maximum atomic E-state index is 14.6. The number of fused-ring (bicyclic) bond motifs is 1. The maximum absolute atomic E-state index is 14.6. The Bertz CT molecular complexity index is 1240. The van der Waals surface area contributed by atoms with Crippen molar-refractivity contribution in [2.24, 2.45) is 0 Å². The molecule has 1 atom stereocenters. The highest BCUT2D eigenvalue weighted by molar-refractivity contribution is 5.94. The molecule has 1 saturated heterocycles. The largest absolute Gasteiger partial charge is 0.493 e. The topological polar surface area (TPSA) is 95.8 Å². The molecule has 0 saturated carbocycles. The Labute approximate surface area is 210 Å². The summed E-state index contributed by atoms with van der Waals surface area (Å²) in [5, 5.41) is 15.0. The molecule has 3 aromatic rings. The molecule has 0 spiro atoms. The van der Waals surface area contributed by atoms with E-state index < -0.39 is 5.82 Å². The Kier molecular flexibility index (Phi) is 7.51. The van der Waals surface area contributed by atoms with E-state index in [4.69, 9.17) is 14.7 Å². The minimum atomic E-state index is -0.407. The van der Waals surface area contributed by atoms with Gasteiger partial charge in [0.05, 0.1) is 18.0 Å². The number of nitrogens with zero attached hydrogens (tertiary/aromatic N) is 5. The zero-order valence-corrected chi connectivity index (χ0v) is 21.6. The minimum Gasteiger partial charge on any atom is -0.493 e. The third kappa shape index (κ3) is 5.17. The summed E-state index contributed by atoms with van der Waals surface area (Å²) in [5.74, 6) is 0.986. The predicted octanol–water partition coefficient (Wildman–Crippen LogP) is 4.49. The molecule has 0 bridgehead atoms. The van der Waals surface area contributed by atoms with Crippen LogP contribution < -0.4 is 15.0 Å². The van der Waals surface area contributed by atoms with E-state index in [2.05, 4.69) is 5.32 Å². The van der Waals surface area contributed by atoms with Crippen LogP contribution in [-0.2, 0) is 4.79 Å². The summed E-state index contributed by atoms with van der Waals surface area (Å²) in [6.07, 6.45) is 2.64. The number of aromatic hydroxyl groups is 1. The van der Waals surface area contributed by atoms with Crippen molar-refractivity contribution in [3.63, 3.8) is 0 Å². The molecule has 0 unspecified atom stereocenters. The average molecular weight is 499 g/mol. The van der Waals surface area contributed by atoms with E-state index in [1.165, 1.54) is 6.07 Å². The molecular weight excluding hydrogens is 463 g/mol. The van der Waals surface area contributed by atoms with Crippen LogP contribution in [0.15, 0.2) is 24.4 Å². The molecule has 1 fully saturated rings. The first-order valence-electron chi connectivity index (χ1n) is 12.5. The van der Waals surface area contributed by atoms with Crippen molar-refractivity contribution in [1.82, 2.24) is 19.4 Å². The number of carbonyl (C=O) groups excluding carboxylic acids is 1. The lowest BCUT2D eigenvalue weighted by Crippen LogP contribution is -2.48. The van der Waals surface area contributed by atoms with Gasteiger partial charge in [-0.15, -0.1) is 0 Å².